The Morgan fingerprint density at radius 1 is 1.16 bits per heavy atom. The first kappa shape index (κ1) is 29.8. The quantitative estimate of drug-likeness (QED) is 0.475. The molecule has 0 aromatic heterocycles. The van der Waals surface area contributed by atoms with Gasteiger partial charge in [0.15, 0.2) is 23.8 Å². The first-order valence-electron chi connectivity index (χ1n) is 14.8. The molecular weight excluding hydrogens is 560 g/mol. The zero-order valence-corrected chi connectivity index (χ0v) is 24.5. The monoisotopic (exact) mass is 597 g/mol. The average molecular weight is 598 g/mol. The molecule has 1 heterocycles. The fourth-order valence-corrected chi connectivity index (χ4v) is 9.86. The van der Waals surface area contributed by atoms with Gasteiger partial charge in [0.05, 0.1) is 17.1 Å². The van der Waals surface area contributed by atoms with E-state index in [4.69, 9.17) is 4.74 Å². The number of aliphatic hydroxyl groups excluding tert-OH is 1. The van der Waals surface area contributed by atoms with Crippen LogP contribution in [0.2, 0.25) is 0 Å². The summed E-state index contributed by atoms with van der Waals surface area (Å²) < 4.78 is 38.7. The molecule has 230 valence electrons. The molecule has 0 spiro atoms. The SMILES string of the molecule is CC(=O)OCC(=O)C12CN(Cc3cccc(C(=O)O)c3)CC1CC1C3CC(F)C4=CC(=O)C=CC4(C)C3(F)C(O)CC12C. The van der Waals surface area contributed by atoms with Crippen LogP contribution < -0.4 is 0 Å². The maximum absolute atomic E-state index is 17.6. The summed E-state index contributed by atoms with van der Waals surface area (Å²) in [6, 6.07) is 6.58. The van der Waals surface area contributed by atoms with Crippen LogP contribution in [0.25, 0.3) is 0 Å². The standard InChI is InChI=1S/C33H37F2NO7/c1-18(37)43-16-28(40)32-17-36(14-19-5-4-6-20(9-19)29(41)42)15-21(32)10-23-24-12-26(34)25-11-22(38)7-8-30(25,2)33(24,35)27(39)13-31(23,32)3/h4-9,11,21,23-24,26-27,39H,10,12-17H2,1-3H3,(H,41,42). The van der Waals surface area contributed by atoms with Gasteiger partial charge in [0.2, 0.25) is 0 Å². The molecule has 3 saturated carbocycles. The minimum absolute atomic E-state index is 0.0509. The van der Waals surface area contributed by atoms with Crippen LogP contribution in [-0.2, 0) is 25.7 Å². The Morgan fingerprint density at radius 2 is 1.91 bits per heavy atom. The van der Waals surface area contributed by atoms with Crippen LogP contribution in [0, 0.1) is 34.0 Å². The number of Topliss-reactive ketones (excluding diaryl/α,β-unsaturated/α-hetero) is 1. The number of halogens is 2. The largest absolute Gasteiger partial charge is 0.478 e. The highest BCUT2D eigenvalue weighted by Crippen LogP contribution is 2.74. The zero-order valence-electron chi connectivity index (χ0n) is 24.5. The Kier molecular flexibility index (Phi) is 6.86. The number of fused-ring (bicyclic) bond motifs is 7. The molecule has 43 heavy (non-hydrogen) atoms. The summed E-state index contributed by atoms with van der Waals surface area (Å²) in [7, 11) is 0. The van der Waals surface area contributed by atoms with E-state index in [2.05, 4.69) is 4.90 Å². The number of hydrogen-bond acceptors (Lipinski definition) is 7. The number of nitrogens with zero attached hydrogens (tertiary/aromatic N) is 1. The van der Waals surface area contributed by atoms with Gasteiger partial charge in [-0.05, 0) is 78.9 Å². The number of hydrogen-bond donors (Lipinski definition) is 2. The maximum Gasteiger partial charge on any atom is 0.335 e. The van der Waals surface area contributed by atoms with Crippen LogP contribution in [0.4, 0.5) is 8.78 Å². The molecule has 4 fully saturated rings. The van der Waals surface area contributed by atoms with E-state index in [-0.39, 0.29) is 42.2 Å². The molecule has 1 aromatic carbocycles. The fraction of sp³-hybridized carbons (Fsp3) is 0.576. The third kappa shape index (κ3) is 4.05. The molecule has 0 radical (unpaired) electrons. The number of carbonyl (C=O) groups is 4. The molecule has 1 aromatic rings. The van der Waals surface area contributed by atoms with Crippen LogP contribution in [-0.4, -0.2) is 76.3 Å². The number of alkyl halides is 2. The van der Waals surface area contributed by atoms with Gasteiger partial charge in [-0.15, -0.1) is 0 Å². The number of aromatic carboxylic acids is 1. The summed E-state index contributed by atoms with van der Waals surface area (Å²) in [5.74, 6) is -4.02. The summed E-state index contributed by atoms with van der Waals surface area (Å²) in [5, 5.41) is 21.2. The summed E-state index contributed by atoms with van der Waals surface area (Å²) in [5.41, 5.74) is -4.86. The lowest BCUT2D eigenvalue weighted by Crippen LogP contribution is -2.69. The van der Waals surface area contributed by atoms with E-state index in [1.165, 1.54) is 25.1 Å². The normalized spacial score (nSPS) is 41.5. The summed E-state index contributed by atoms with van der Waals surface area (Å²) in [6.07, 6.45) is 0.837. The minimum Gasteiger partial charge on any atom is -0.478 e. The smallest absolute Gasteiger partial charge is 0.335 e. The second-order valence-corrected chi connectivity index (χ2v) is 13.6. The molecule has 5 aliphatic rings. The van der Waals surface area contributed by atoms with Gasteiger partial charge >= 0.3 is 11.9 Å². The highest BCUT2D eigenvalue weighted by atomic mass is 19.1. The van der Waals surface area contributed by atoms with Gasteiger partial charge in [0.1, 0.15) is 6.17 Å². The second-order valence-electron chi connectivity index (χ2n) is 13.6. The Labute approximate surface area is 248 Å². The zero-order chi connectivity index (χ0) is 31.1. The molecule has 10 heteroatoms. The number of carboxylic acids is 1. The Balaban J connectivity index is 1.39. The lowest BCUT2D eigenvalue weighted by atomic mass is 9.43. The van der Waals surface area contributed by atoms with E-state index in [9.17, 15) is 29.4 Å². The molecule has 9 atom stereocenters. The number of carboxylic acid groups (broad SMARTS) is 1. The van der Waals surface area contributed by atoms with Crippen molar-refractivity contribution in [3.05, 3.63) is 59.2 Å². The third-order valence-electron chi connectivity index (χ3n) is 11.7. The highest BCUT2D eigenvalue weighted by Gasteiger charge is 2.78. The number of carbonyl (C=O) groups excluding carboxylic acids is 3. The van der Waals surface area contributed by atoms with E-state index in [1.807, 2.05) is 13.0 Å². The van der Waals surface area contributed by atoms with Crippen molar-refractivity contribution in [2.24, 2.45) is 34.0 Å². The molecular formula is C33H37F2NO7. The third-order valence-corrected chi connectivity index (χ3v) is 11.7. The van der Waals surface area contributed by atoms with Gasteiger partial charge in [0.25, 0.3) is 0 Å². The molecule has 4 aliphatic carbocycles. The van der Waals surface area contributed by atoms with Crippen LogP contribution in [0.15, 0.2) is 48.1 Å². The van der Waals surface area contributed by atoms with Crippen molar-refractivity contribution in [3.63, 3.8) is 0 Å². The molecule has 6 rings (SSSR count). The number of esters is 1. The summed E-state index contributed by atoms with van der Waals surface area (Å²) in [6.45, 7) is 5.27. The summed E-state index contributed by atoms with van der Waals surface area (Å²) >= 11 is 0. The lowest BCUT2D eigenvalue weighted by molar-refractivity contribution is -0.212. The number of benzene rings is 1. The van der Waals surface area contributed by atoms with Crippen molar-refractivity contribution in [1.82, 2.24) is 4.90 Å². The van der Waals surface area contributed by atoms with Crippen molar-refractivity contribution in [1.29, 1.82) is 0 Å². The van der Waals surface area contributed by atoms with Gasteiger partial charge < -0.3 is 14.9 Å². The Morgan fingerprint density at radius 3 is 2.60 bits per heavy atom. The first-order valence-corrected chi connectivity index (χ1v) is 14.8. The molecule has 0 bridgehead atoms. The number of likely N-dealkylation sites (tertiary alicyclic amines) is 1. The van der Waals surface area contributed by atoms with Gasteiger partial charge in [-0.2, -0.15) is 0 Å². The van der Waals surface area contributed by atoms with Gasteiger partial charge in [-0.3, -0.25) is 19.3 Å². The van der Waals surface area contributed by atoms with Crippen LogP contribution in [0.3, 0.4) is 0 Å². The first-order chi connectivity index (χ1) is 20.2. The molecule has 1 aliphatic heterocycles. The van der Waals surface area contributed by atoms with Crippen molar-refractivity contribution in [3.8, 4) is 0 Å². The molecule has 8 nitrogen and oxygen atoms in total. The fourth-order valence-electron chi connectivity index (χ4n) is 9.86. The molecule has 9 unspecified atom stereocenters. The molecule has 0 amide bonds. The van der Waals surface area contributed by atoms with E-state index < -0.39 is 70.4 Å². The number of rotatable bonds is 6. The van der Waals surface area contributed by atoms with E-state index >= 15 is 8.78 Å². The number of aliphatic hydroxyl groups is 1. The maximum atomic E-state index is 17.6. The van der Waals surface area contributed by atoms with Crippen LogP contribution >= 0.6 is 0 Å². The van der Waals surface area contributed by atoms with E-state index in [1.54, 1.807) is 19.1 Å². The number of allylic oxidation sites excluding steroid dienone is 4. The van der Waals surface area contributed by atoms with Crippen molar-refractivity contribution >= 4 is 23.5 Å². The van der Waals surface area contributed by atoms with E-state index in [0.29, 0.717) is 19.5 Å². The Bertz CT molecular complexity index is 1470. The van der Waals surface area contributed by atoms with Crippen molar-refractivity contribution < 1.29 is 42.9 Å². The summed E-state index contributed by atoms with van der Waals surface area (Å²) in [4.78, 5) is 51.7. The Hall–Kier alpha value is -3.24. The van der Waals surface area contributed by atoms with Crippen molar-refractivity contribution in [2.45, 2.75) is 64.5 Å². The molecule has 1 saturated heterocycles. The van der Waals surface area contributed by atoms with Crippen LogP contribution in [0.5, 0.6) is 0 Å². The van der Waals surface area contributed by atoms with Gasteiger partial charge in [-0.1, -0.05) is 25.1 Å². The van der Waals surface area contributed by atoms with Crippen LogP contribution in [0.1, 0.15) is 56.0 Å². The predicted molar refractivity (Wildman–Crippen MR) is 150 cm³/mol. The highest BCUT2D eigenvalue weighted by molar-refractivity contribution is 6.01. The van der Waals surface area contributed by atoms with E-state index in [0.717, 1.165) is 11.6 Å². The van der Waals surface area contributed by atoms with Crippen molar-refractivity contribution in [2.75, 3.05) is 19.7 Å². The van der Waals surface area contributed by atoms with Gasteiger partial charge in [-0.25, -0.2) is 13.6 Å². The predicted octanol–water partition coefficient (Wildman–Crippen LogP) is 3.86. The lowest BCUT2D eigenvalue weighted by Gasteiger charge is -2.63. The average Bonchev–Trinajstić information content (AvgIpc) is 3.42. The molecule has 2 N–H and O–H groups in total. The number of ether oxygens (including phenoxy) is 1. The minimum atomic E-state index is -2.25. The number of ketones is 2. The second kappa shape index (κ2) is 9.89. The van der Waals surface area contributed by atoms with Gasteiger partial charge in [0, 0.05) is 37.9 Å². The topological polar surface area (TPSA) is 121 Å².